The molecule has 0 aliphatic carbocycles. The minimum absolute atomic E-state index is 0.0820. The Kier molecular flexibility index (Phi) is 12.7. The van der Waals surface area contributed by atoms with E-state index in [2.05, 4.69) is 9.73 Å². The van der Waals surface area contributed by atoms with Crippen LogP contribution in [-0.4, -0.2) is 66.7 Å². The molecule has 2 heterocycles. The van der Waals surface area contributed by atoms with Gasteiger partial charge in [0.25, 0.3) is 0 Å². The molecule has 42 heavy (non-hydrogen) atoms. The Bertz CT molecular complexity index is 1290. The molecule has 0 fully saturated rings. The number of ether oxygens (including phenoxy) is 5. The summed E-state index contributed by atoms with van der Waals surface area (Å²) >= 11 is 0. The average Bonchev–Trinajstić information content (AvgIpc) is 3.43. The number of aliphatic hydroxyl groups is 1. The predicted molar refractivity (Wildman–Crippen MR) is 153 cm³/mol. The van der Waals surface area contributed by atoms with E-state index >= 15 is 0 Å². The second-order valence-electron chi connectivity index (χ2n) is 10.6. The number of carbonyl (C=O) groups excluding carboxylic acids is 4. The molecule has 0 saturated carbocycles. The van der Waals surface area contributed by atoms with Gasteiger partial charge in [0.1, 0.15) is 35.0 Å². The molecule has 0 saturated heterocycles. The highest BCUT2D eigenvalue weighted by Gasteiger charge is 2.32. The zero-order chi connectivity index (χ0) is 31.3. The fraction of sp³-hybridized carbons (Fsp3) is 0.484. The summed E-state index contributed by atoms with van der Waals surface area (Å²) in [4.78, 5) is 46.7. The maximum atomic E-state index is 11.8. The van der Waals surface area contributed by atoms with Gasteiger partial charge in [0.05, 0.1) is 19.6 Å². The molecule has 11 heteroatoms. The first-order valence-corrected chi connectivity index (χ1v) is 13.6. The van der Waals surface area contributed by atoms with Gasteiger partial charge < -0.3 is 28.8 Å². The molecule has 2 aliphatic rings. The van der Waals surface area contributed by atoms with E-state index < -0.39 is 24.5 Å². The number of rotatable bonds is 8. The number of hydrogen-bond acceptors (Lipinski definition) is 11. The minimum atomic E-state index is -0.567. The molecular weight excluding hydrogens is 546 g/mol. The lowest BCUT2D eigenvalue weighted by Crippen LogP contribution is -2.25. The molecule has 0 spiro atoms. The molecule has 2 aliphatic heterocycles. The highest BCUT2D eigenvalue weighted by molar-refractivity contribution is 5.78. The second kappa shape index (κ2) is 15.7. The zero-order valence-electron chi connectivity index (χ0n) is 25.0. The second-order valence-corrected chi connectivity index (χ2v) is 10.6. The third kappa shape index (κ3) is 10.6. The van der Waals surface area contributed by atoms with Gasteiger partial charge >= 0.3 is 17.9 Å². The Morgan fingerprint density at radius 3 is 1.93 bits per heavy atom. The Labute approximate surface area is 245 Å². The summed E-state index contributed by atoms with van der Waals surface area (Å²) in [5.41, 5.74) is 3.10. The first kappa shape index (κ1) is 34.0. The van der Waals surface area contributed by atoms with Gasteiger partial charge in [0.2, 0.25) is 6.08 Å². The standard InChI is InChI=1S/C16H20O5.C11H11NO2.C4H8O3/c1-4-19-14(18)10-20-13(17)8-11-6-5-7-12-9-16(2,3)21-15(11)12;1-11(2)6-8-4-3-5-9(12-7-13)10(8)14-11;1-2-7-4(6)3-5/h5-7H,4,8-10H2,1-3H3;3-5H,6H2,1-2H3;5H,2-3H2,1H3. The molecule has 0 atom stereocenters. The van der Waals surface area contributed by atoms with Gasteiger partial charge in [-0.25, -0.2) is 14.4 Å². The lowest BCUT2D eigenvalue weighted by molar-refractivity contribution is -0.158. The number of aliphatic hydroxyl groups excluding tert-OH is 1. The highest BCUT2D eigenvalue weighted by atomic mass is 16.6. The normalized spacial score (nSPS) is 14.5. The van der Waals surface area contributed by atoms with E-state index in [-0.39, 0.29) is 30.8 Å². The number of nitrogens with zero attached hydrogens (tertiary/aromatic N) is 1. The van der Waals surface area contributed by atoms with Gasteiger partial charge in [0, 0.05) is 24.0 Å². The van der Waals surface area contributed by atoms with Crippen molar-refractivity contribution in [1.82, 2.24) is 0 Å². The van der Waals surface area contributed by atoms with Crippen LogP contribution in [0.2, 0.25) is 0 Å². The van der Waals surface area contributed by atoms with Crippen molar-refractivity contribution < 1.29 is 48.0 Å². The molecule has 0 unspecified atom stereocenters. The lowest BCUT2D eigenvalue weighted by atomic mass is 10.00. The molecule has 0 radical (unpaired) electrons. The number of hydrogen-bond donors (Lipinski definition) is 1. The van der Waals surface area contributed by atoms with E-state index in [9.17, 15) is 19.2 Å². The Balaban J connectivity index is 0.000000252. The third-order valence-electron chi connectivity index (χ3n) is 5.83. The topological polar surface area (TPSA) is 147 Å². The fourth-order valence-corrected chi connectivity index (χ4v) is 4.31. The number of para-hydroxylation sites is 2. The lowest BCUT2D eigenvalue weighted by Gasteiger charge is -2.18. The molecule has 228 valence electrons. The summed E-state index contributed by atoms with van der Waals surface area (Å²) in [6.45, 7) is 11.2. The van der Waals surface area contributed by atoms with Crippen molar-refractivity contribution in [3.63, 3.8) is 0 Å². The number of benzene rings is 2. The van der Waals surface area contributed by atoms with Gasteiger partial charge in [-0.15, -0.1) is 0 Å². The van der Waals surface area contributed by atoms with Gasteiger partial charge in [-0.3, -0.25) is 4.79 Å². The summed E-state index contributed by atoms with van der Waals surface area (Å²) in [5, 5.41) is 7.99. The van der Waals surface area contributed by atoms with Gasteiger partial charge in [-0.1, -0.05) is 30.3 Å². The van der Waals surface area contributed by atoms with Crippen LogP contribution in [0.5, 0.6) is 11.5 Å². The summed E-state index contributed by atoms with van der Waals surface area (Å²) in [6.07, 6.45) is 3.28. The maximum Gasteiger partial charge on any atom is 0.344 e. The largest absolute Gasteiger partial charge is 0.487 e. The molecule has 0 amide bonds. The van der Waals surface area contributed by atoms with Crippen LogP contribution >= 0.6 is 0 Å². The summed E-state index contributed by atoms with van der Waals surface area (Å²) in [6, 6.07) is 11.4. The van der Waals surface area contributed by atoms with Crippen LogP contribution in [0.15, 0.2) is 41.4 Å². The molecule has 0 aromatic heterocycles. The number of esters is 3. The monoisotopic (exact) mass is 585 g/mol. The van der Waals surface area contributed by atoms with E-state index in [0.29, 0.717) is 12.3 Å². The van der Waals surface area contributed by atoms with Crippen molar-refractivity contribution in [3.8, 4) is 11.5 Å². The minimum Gasteiger partial charge on any atom is -0.487 e. The summed E-state index contributed by atoms with van der Waals surface area (Å²) in [5.74, 6) is -0.0924. The van der Waals surface area contributed by atoms with Gasteiger partial charge in [-0.2, -0.15) is 4.99 Å². The molecule has 2 aromatic carbocycles. The van der Waals surface area contributed by atoms with E-state index in [1.807, 2.05) is 58.0 Å². The first-order chi connectivity index (χ1) is 19.8. The van der Waals surface area contributed by atoms with E-state index in [0.717, 1.165) is 41.0 Å². The van der Waals surface area contributed by atoms with Crippen molar-refractivity contribution >= 4 is 29.7 Å². The van der Waals surface area contributed by atoms with E-state index in [1.54, 1.807) is 19.9 Å². The Hall–Kier alpha value is -4.21. The van der Waals surface area contributed by atoms with Crippen LogP contribution < -0.4 is 9.47 Å². The Morgan fingerprint density at radius 2 is 1.38 bits per heavy atom. The molecule has 0 bridgehead atoms. The van der Waals surface area contributed by atoms with Gasteiger partial charge in [-0.05, 0) is 53.2 Å². The van der Waals surface area contributed by atoms with Crippen LogP contribution in [0.25, 0.3) is 0 Å². The van der Waals surface area contributed by atoms with Crippen LogP contribution in [0, 0.1) is 0 Å². The molecule has 2 aromatic rings. The van der Waals surface area contributed by atoms with Crippen molar-refractivity contribution in [2.75, 3.05) is 26.4 Å². The number of isocyanates is 1. The number of fused-ring (bicyclic) bond motifs is 2. The molecular formula is C31H39NO10. The molecule has 11 nitrogen and oxygen atoms in total. The van der Waals surface area contributed by atoms with Crippen LogP contribution in [-0.2, 0) is 52.7 Å². The van der Waals surface area contributed by atoms with Crippen molar-refractivity contribution in [3.05, 3.63) is 53.1 Å². The van der Waals surface area contributed by atoms with E-state index in [1.165, 1.54) is 6.08 Å². The SMILES string of the molecule is CC1(C)Cc2cccc(N=C=O)c2O1.CCOC(=O)CO.CCOC(=O)COC(=O)Cc1cccc2c1OC(C)(C)C2. The van der Waals surface area contributed by atoms with Crippen LogP contribution in [0.4, 0.5) is 5.69 Å². The van der Waals surface area contributed by atoms with Crippen LogP contribution in [0.3, 0.4) is 0 Å². The first-order valence-electron chi connectivity index (χ1n) is 13.6. The zero-order valence-corrected chi connectivity index (χ0v) is 25.0. The highest BCUT2D eigenvalue weighted by Crippen LogP contribution is 2.41. The maximum absolute atomic E-state index is 11.8. The molecule has 4 rings (SSSR count). The summed E-state index contributed by atoms with van der Waals surface area (Å²) in [7, 11) is 0. The quantitative estimate of drug-likeness (QED) is 0.209. The average molecular weight is 586 g/mol. The van der Waals surface area contributed by atoms with Crippen LogP contribution in [0.1, 0.15) is 58.2 Å². The van der Waals surface area contributed by atoms with Gasteiger partial charge in [0.15, 0.2) is 6.61 Å². The predicted octanol–water partition coefficient (Wildman–Crippen LogP) is 3.96. The number of aliphatic imine (C=N–C) groups is 1. The Morgan fingerprint density at radius 1 is 0.833 bits per heavy atom. The van der Waals surface area contributed by atoms with E-state index in [4.69, 9.17) is 24.1 Å². The van der Waals surface area contributed by atoms with Crippen molar-refractivity contribution in [2.24, 2.45) is 4.99 Å². The fourth-order valence-electron chi connectivity index (χ4n) is 4.31. The molecule has 1 N–H and O–H groups in total. The van der Waals surface area contributed by atoms with Crippen molar-refractivity contribution in [2.45, 2.75) is 72.0 Å². The smallest absolute Gasteiger partial charge is 0.344 e. The number of carbonyl (C=O) groups is 3. The van der Waals surface area contributed by atoms with Crippen molar-refractivity contribution in [1.29, 1.82) is 0 Å². The third-order valence-corrected chi connectivity index (χ3v) is 5.83. The summed E-state index contributed by atoms with van der Waals surface area (Å²) < 4.78 is 25.5.